The fourth-order valence-corrected chi connectivity index (χ4v) is 4.09. The van der Waals surface area contributed by atoms with Crippen molar-refractivity contribution in [3.05, 3.63) is 47.8 Å². The van der Waals surface area contributed by atoms with Crippen molar-refractivity contribution in [3.63, 3.8) is 0 Å². The van der Waals surface area contributed by atoms with Gasteiger partial charge < -0.3 is 14.8 Å². The van der Waals surface area contributed by atoms with Crippen molar-refractivity contribution in [1.29, 1.82) is 0 Å². The molecule has 0 aromatic carbocycles. The largest absolute Gasteiger partial charge is 0.337 e. The lowest BCUT2D eigenvalue weighted by atomic mass is 9.93. The summed E-state index contributed by atoms with van der Waals surface area (Å²) in [6, 6.07) is 2.23. The number of piperidine rings is 1. The number of aryl methyl sites for hydroxylation is 2. The Hall–Kier alpha value is -2.21. The van der Waals surface area contributed by atoms with Crippen LogP contribution in [0.1, 0.15) is 41.0 Å². The SMILES string of the molecule is Cc1cncc(C(=O)N(Cc2nccn2C)C2CC23CCNCC3)c1. The number of nitrogens with zero attached hydrogens (tertiary/aromatic N) is 4. The summed E-state index contributed by atoms with van der Waals surface area (Å²) in [4.78, 5) is 23.9. The van der Waals surface area contributed by atoms with Gasteiger partial charge in [0.1, 0.15) is 5.82 Å². The summed E-state index contributed by atoms with van der Waals surface area (Å²) in [5, 5.41) is 3.43. The van der Waals surface area contributed by atoms with Crippen molar-refractivity contribution in [2.45, 2.75) is 38.8 Å². The third-order valence-electron chi connectivity index (χ3n) is 5.74. The Morgan fingerprint density at radius 2 is 2.20 bits per heavy atom. The Labute approximate surface area is 148 Å². The normalized spacial score (nSPS) is 21.3. The van der Waals surface area contributed by atoms with Crippen molar-refractivity contribution >= 4 is 5.91 Å². The molecule has 4 rings (SSSR count). The molecule has 1 saturated carbocycles. The number of carbonyl (C=O) groups excluding carboxylic acids is 1. The molecule has 2 aromatic heterocycles. The predicted molar refractivity (Wildman–Crippen MR) is 95.0 cm³/mol. The molecule has 25 heavy (non-hydrogen) atoms. The Morgan fingerprint density at radius 1 is 1.40 bits per heavy atom. The third kappa shape index (κ3) is 3.06. The molecule has 1 atom stereocenters. The van der Waals surface area contributed by atoms with Crippen molar-refractivity contribution in [2.75, 3.05) is 13.1 Å². The molecular weight excluding hydrogens is 314 g/mol. The lowest BCUT2D eigenvalue weighted by molar-refractivity contribution is 0.0685. The molecule has 1 N–H and O–H groups in total. The molecule has 1 spiro atoms. The van der Waals surface area contributed by atoms with Crippen LogP contribution in [0.2, 0.25) is 0 Å². The highest BCUT2D eigenvalue weighted by atomic mass is 16.2. The molecule has 1 aliphatic carbocycles. The van der Waals surface area contributed by atoms with Crippen LogP contribution in [0, 0.1) is 12.3 Å². The molecule has 2 fully saturated rings. The zero-order valence-electron chi connectivity index (χ0n) is 14.9. The van der Waals surface area contributed by atoms with Crippen LogP contribution in [-0.4, -0.2) is 44.5 Å². The average Bonchev–Trinajstić information content (AvgIpc) is 3.13. The van der Waals surface area contributed by atoms with Gasteiger partial charge in [-0.2, -0.15) is 0 Å². The zero-order valence-corrected chi connectivity index (χ0v) is 14.9. The van der Waals surface area contributed by atoms with E-state index >= 15 is 0 Å². The monoisotopic (exact) mass is 339 g/mol. The van der Waals surface area contributed by atoms with Gasteiger partial charge in [0.15, 0.2) is 0 Å². The van der Waals surface area contributed by atoms with Crippen LogP contribution in [-0.2, 0) is 13.6 Å². The number of nitrogens with one attached hydrogen (secondary N) is 1. The van der Waals surface area contributed by atoms with E-state index in [0.717, 1.165) is 43.7 Å². The maximum atomic E-state index is 13.3. The van der Waals surface area contributed by atoms with Gasteiger partial charge in [0.05, 0.1) is 12.1 Å². The molecule has 2 aromatic rings. The Morgan fingerprint density at radius 3 is 2.88 bits per heavy atom. The van der Waals surface area contributed by atoms with Gasteiger partial charge in [0, 0.05) is 37.9 Å². The van der Waals surface area contributed by atoms with Crippen molar-refractivity contribution in [3.8, 4) is 0 Å². The molecule has 6 heteroatoms. The number of carbonyl (C=O) groups is 1. The van der Waals surface area contributed by atoms with Gasteiger partial charge in [-0.1, -0.05) is 0 Å². The van der Waals surface area contributed by atoms with Gasteiger partial charge in [-0.3, -0.25) is 9.78 Å². The van der Waals surface area contributed by atoms with E-state index in [1.165, 1.54) is 0 Å². The first-order valence-corrected chi connectivity index (χ1v) is 8.99. The molecule has 3 heterocycles. The fourth-order valence-electron chi connectivity index (χ4n) is 4.09. The lowest BCUT2D eigenvalue weighted by Crippen LogP contribution is -2.39. The van der Waals surface area contributed by atoms with Crippen LogP contribution in [0.5, 0.6) is 0 Å². The minimum absolute atomic E-state index is 0.0691. The molecule has 1 amide bonds. The van der Waals surface area contributed by atoms with Crippen LogP contribution < -0.4 is 5.32 Å². The van der Waals surface area contributed by atoms with Crippen LogP contribution in [0.4, 0.5) is 0 Å². The van der Waals surface area contributed by atoms with Gasteiger partial charge in [0.25, 0.3) is 5.91 Å². The summed E-state index contributed by atoms with van der Waals surface area (Å²) in [6.45, 7) is 4.62. The van der Waals surface area contributed by atoms with E-state index in [-0.39, 0.29) is 5.91 Å². The van der Waals surface area contributed by atoms with Gasteiger partial charge in [-0.05, 0) is 56.3 Å². The van der Waals surface area contributed by atoms with Crippen LogP contribution in [0.3, 0.4) is 0 Å². The summed E-state index contributed by atoms with van der Waals surface area (Å²) < 4.78 is 1.99. The quantitative estimate of drug-likeness (QED) is 0.924. The second-order valence-electron chi connectivity index (χ2n) is 7.47. The summed E-state index contributed by atoms with van der Waals surface area (Å²) in [5.41, 5.74) is 1.98. The Bertz CT molecular complexity index is 778. The van der Waals surface area contributed by atoms with Gasteiger partial charge in [0.2, 0.25) is 0 Å². The van der Waals surface area contributed by atoms with E-state index in [0.29, 0.717) is 23.6 Å². The van der Waals surface area contributed by atoms with E-state index in [1.54, 1.807) is 18.6 Å². The third-order valence-corrected chi connectivity index (χ3v) is 5.74. The summed E-state index contributed by atoms with van der Waals surface area (Å²) in [5.74, 6) is 0.990. The van der Waals surface area contributed by atoms with E-state index in [4.69, 9.17) is 0 Å². The topological polar surface area (TPSA) is 63.1 Å². The first-order valence-electron chi connectivity index (χ1n) is 8.99. The molecular formula is C19H25N5O. The molecule has 1 unspecified atom stereocenters. The zero-order chi connectivity index (χ0) is 17.4. The molecule has 0 bridgehead atoms. The van der Waals surface area contributed by atoms with Gasteiger partial charge in [-0.15, -0.1) is 0 Å². The minimum atomic E-state index is 0.0691. The molecule has 6 nitrogen and oxygen atoms in total. The Kier molecular flexibility index (Phi) is 4.07. The highest BCUT2D eigenvalue weighted by molar-refractivity contribution is 5.94. The predicted octanol–water partition coefficient (Wildman–Crippen LogP) is 1.91. The molecule has 0 radical (unpaired) electrons. The van der Waals surface area contributed by atoms with Crippen LogP contribution in [0.15, 0.2) is 30.9 Å². The minimum Gasteiger partial charge on any atom is -0.337 e. The molecule has 1 saturated heterocycles. The van der Waals surface area contributed by atoms with Crippen LogP contribution >= 0.6 is 0 Å². The van der Waals surface area contributed by atoms with Gasteiger partial charge in [-0.25, -0.2) is 4.98 Å². The molecule has 132 valence electrons. The number of pyridine rings is 1. The summed E-state index contributed by atoms with van der Waals surface area (Å²) in [7, 11) is 1.98. The smallest absolute Gasteiger partial charge is 0.256 e. The van der Waals surface area contributed by atoms with Crippen molar-refractivity contribution in [1.82, 2.24) is 24.8 Å². The standard InChI is InChI=1S/C19H25N5O/c1-14-9-15(12-21-11-14)18(25)24(13-17-22-7-8-23(17)2)16-10-19(16)3-5-20-6-4-19/h7-9,11-12,16,20H,3-6,10,13H2,1-2H3. The van der Waals surface area contributed by atoms with E-state index in [1.807, 2.05) is 35.7 Å². The lowest BCUT2D eigenvalue weighted by Gasteiger charge is -2.29. The summed E-state index contributed by atoms with van der Waals surface area (Å²) in [6.07, 6.45) is 10.6. The second-order valence-corrected chi connectivity index (χ2v) is 7.47. The number of rotatable bonds is 4. The molecule has 1 aliphatic heterocycles. The second kappa shape index (κ2) is 6.26. The number of hydrogen-bond donors (Lipinski definition) is 1. The number of imidazole rings is 1. The Balaban J connectivity index is 1.62. The van der Waals surface area contributed by atoms with Crippen molar-refractivity contribution < 1.29 is 4.79 Å². The highest BCUT2D eigenvalue weighted by Gasteiger charge is 2.57. The van der Waals surface area contributed by atoms with Crippen LogP contribution in [0.25, 0.3) is 0 Å². The summed E-state index contributed by atoms with van der Waals surface area (Å²) >= 11 is 0. The maximum Gasteiger partial charge on any atom is 0.256 e. The fraction of sp³-hybridized carbons (Fsp3) is 0.526. The average molecular weight is 339 g/mol. The first kappa shape index (κ1) is 16.3. The number of hydrogen-bond acceptors (Lipinski definition) is 4. The maximum absolute atomic E-state index is 13.3. The van der Waals surface area contributed by atoms with E-state index < -0.39 is 0 Å². The van der Waals surface area contributed by atoms with Crippen molar-refractivity contribution in [2.24, 2.45) is 12.5 Å². The highest BCUT2D eigenvalue weighted by Crippen LogP contribution is 2.56. The number of amides is 1. The molecule has 2 aliphatic rings. The first-order chi connectivity index (χ1) is 12.1. The van der Waals surface area contributed by atoms with E-state index in [9.17, 15) is 4.79 Å². The van der Waals surface area contributed by atoms with E-state index in [2.05, 4.69) is 15.3 Å². The van der Waals surface area contributed by atoms with Gasteiger partial charge >= 0.3 is 0 Å². The number of aromatic nitrogens is 3.